The third kappa shape index (κ3) is 2.81. The van der Waals surface area contributed by atoms with Crippen LogP contribution in [0.2, 0.25) is 0 Å². The number of piperidine rings is 1. The summed E-state index contributed by atoms with van der Waals surface area (Å²) < 4.78 is 0. The van der Waals surface area contributed by atoms with Crippen molar-refractivity contribution in [1.29, 1.82) is 0 Å². The summed E-state index contributed by atoms with van der Waals surface area (Å²) >= 11 is 1.76. The van der Waals surface area contributed by atoms with Crippen LogP contribution in [-0.2, 0) is 6.42 Å². The van der Waals surface area contributed by atoms with Crippen LogP contribution in [0.3, 0.4) is 0 Å². The van der Waals surface area contributed by atoms with E-state index < -0.39 is 0 Å². The lowest BCUT2D eigenvalue weighted by atomic mass is 10.0. The summed E-state index contributed by atoms with van der Waals surface area (Å²) in [5.74, 6) is 0. The molecule has 0 aliphatic carbocycles. The van der Waals surface area contributed by atoms with Crippen LogP contribution < -0.4 is 0 Å². The largest absolute Gasteiger partial charge is 0.393 e. The standard InChI is InChI=1S/C12H20N2OS/c1-9(15)7-10-8-13-12(16-10)11-5-3-4-6-14(11)2/h8-9,11,15H,3-7H2,1-2H3. The van der Waals surface area contributed by atoms with Crippen molar-refractivity contribution in [2.45, 2.75) is 44.8 Å². The molecule has 0 bridgehead atoms. The fraction of sp³-hybridized carbons (Fsp3) is 0.750. The predicted octanol–water partition coefficient (Wildman–Crippen LogP) is 2.22. The second kappa shape index (κ2) is 5.25. The summed E-state index contributed by atoms with van der Waals surface area (Å²) in [5.41, 5.74) is 0. The van der Waals surface area contributed by atoms with Gasteiger partial charge in [-0.25, -0.2) is 4.98 Å². The zero-order chi connectivity index (χ0) is 11.5. The minimum atomic E-state index is -0.266. The Labute approximate surface area is 101 Å². The van der Waals surface area contributed by atoms with Gasteiger partial charge in [0.05, 0.1) is 12.1 Å². The highest BCUT2D eigenvalue weighted by Gasteiger charge is 2.23. The zero-order valence-corrected chi connectivity index (χ0v) is 10.8. The Balaban J connectivity index is 2.05. The molecule has 0 amide bonds. The molecular formula is C12H20N2OS. The van der Waals surface area contributed by atoms with Crippen LogP contribution >= 0.6 is 11.3 Å². The molecule has 1 aromatic rings. The van der Waals surface area contributed by atoms with E-state index in [4.69, 9.17) is 0 Å². The average Bonchev–Trinajstić information content (AvgIpc) is 2.66. The molecule has 2 rings (SSSR count). The first-order valence-corrected chi connectivity index (χ1v) is 6.81. The fourth-order valence-corrected chi connectivity index (χ4v) is 3.49. The van der Waals surface area contributed by atoms with Crippen molar-refractivity contribution in [3.05, 3.63) is 16.1 Å². The van der Waals surface area contributed by atoms with Gasteiger partial charge in [-0.1, -0.05) is 6.42 Å². The molecule has 1 aromatic heterocycles. The molecule has 0 spiro atoms. The van der Waals surface area contributed by atoms with Gasteiger partial charge in [-0.2, -0.15) is 0 Å². The van der Waals surface area contributed by atoms with Gasteiger partial charge in [0.2, 0.25) is 0 Å². The lowest BCUT2D eigenvalue weighted by Crippen LogP contribution is -2.29. The monoisotopic (exact) mass is 240 g/mol. The van der Waals surface area contributed by atoms with Gasteiger partial charge in [0, 0.05) is 17.5 Å². The first kappa shape index (κ1) is 12.0. The van der Waals surface area contributed by atoms with Crippen molar-refractivity contribution >= 4 is 11.3 Å². The molecule has 1 aliphatic heterocycles. The Morgan fingerprint density at radius 2 is 2.44 bits per heavy atom. The van der Waals surface area contributed by atoms with Crippen LogP contribution in [0.15, 0.2) is 6.20 Å². The van der Waals surface area contributed by atoms with Crippen LogP contribution in [0.4, 0.5) is 0 Å². The number of rotatable bonds is 3. The molecule has 16 heavy (non-hydrogen) atoms. The van der Waals surface area contributed by atoms with Crippen molar-refractivity contribution in [2.75, 3.05) is 13.6 Å². The van der Waals surface area contributed by atoms with Crippen molar-refractivity contribution in [3.8, 4) is 0 Å². The summed E-state index contributed by atoms with van der Waals surface area (Å²) in [4.78, 5) is 8.10. The molecule has 1 aliphatic rings. The maximum absolute atomic E-state index is 9.35. The smallest absolute Gasteiger partial charge is 0.110 e. The van der Waals surface area contributed by atoms with E-state index >= 15 is 0 Å². The normalized spacial score (nSPS) is 24.6. The highest BCUT2D eigenvalue weighted by molar-refractivity contribution is 7.11. The number of thiazole rings is 1. The quantitative estimate of drug-likeness (QED) is 0.880. The van der Waals surface area contributed by atoms with Gasteiger partial charge in [0.15, 0.2) is 0 Å². The summed E-state index contributed by atoms with van der Waals surface area (Å²) in [7, 11) is 2.18. The Hall–Kier alpha value is -0.450. The molecule has 2 atom stereocenters. The van der Waals surface area contributed by atoms with E-state index in [0.717, 1.165) is 6.42 Å². The lowest BCUT2D eigenvalue weighted by Gasteiger charge is -2.30. The van der Waals surface area contributed by atoms with Gasteiger partial charge < -0.3 is 5.11 Å². The van der Waals surface area contributed by atoms with Crippen LogP contribution in [0.1, 0.15) is 42.1 Å². The van der Waals surface area contributed by atoms with Crippen molar-refractivity contribution in [3.63, 3.8) is 0 Å². The molecule has 0 saturated carbocycles. The number of aliphatic hydroxyl groups is 1. The third-order valence-corrected chi connectivity index (χ3v) is 4.24. The Morgan fingerprint density at radius 1 is 1.62 bits per heavy atom. The number of aliphatic hydroxyl groups excluding tert-OH is 1. The molecule has 3 nitrogen and oxygen atoms in total. The molecule has 2 heterocycles. The van der Waals surface area contributed by atoms with E-state index in [1.54, 1.807) is 11.3 Å². The maximum atomic E-state index is 9.35. The first-order valence-electron chi connectivity index (χ1n) is 5.99. The molecule has 1 N–H and O–H groups in total. The molecule has 90 valence electrons. The number of likely N-dealkylation sites (tertiary alicyclic amines) is 1. The minimum absolute atomic E-state index is 0.266. The first-order chi connectivity index (χ1) is 7.66. The highest BCUT2D eigenvalue weighted by Crippen LogP contribution is 2.32. The highest BCUT2D eigenvalue weighted by atomic mass is 32.1. The van der Waals surface area contributed by atoms with Crippen molar-refractivity contribution < 1.29 is 5.11 Å². The summed E-state index contributed by atoms with van der Waals surface area (Å²) in [6.07, 6.45) is 6.22. The maximum Gasteiger partial charge on any atom is 0.110 e. The Morgan fingerprint density at radius 3 is 3.12 bits per heavy atom. The summed E-state index contributed by atoms with van der Waals surface area (Å²) in [6.45, 7) is 3.00. The van der Waals surface area contributed by atoms with E-state index in [2.05, 4.69) is 16.9 Å². The second-order valence-electron chi connectivity index (χ2n) is 4.71. The fourth-order valence-electron chi connectivity index (χ4n) is 2.25. The Kier molecular flexibility index (Phi) is 3.95. The SMILES string of the molecule is CC(O)Cc1cnc(C2CCCCN2C)s1. The zero-order valence-electron chi connectivity index (χ0n) is 10.0. The summed E-state index contributed by atoms with van der Waals surface area (Å²) in [5, 5.41) is 10.6. The van der Waals surface area contributed by atoms with E-state index in [1.165, 1.54) is 35.7 Å². The lowest BCUT2D eigenvalue weighted by molar-refractivity contribution is 0.187. The topological polar surface area (TPSA) is 36.4 Å². The van der Waals surface area contributed by atoms with Gasteiger partial charge in [-0.3, -0.25) is 4.90 Å². The predicted molar refractivity (Wildman–Crippen MR) is 66.7 cm³/mol. The molecular weight excluding hydrogens is 220 g/mol. The average molecular weight is 240 g/mol. The van der Waals surface area contributed by atoms with E-state index in [-0.39, 0.29) is 6.10 Å². The molecule has 2 unspecified atom stereocenters. The van der Waals surface area contributed by atoms with Crippen molar-refractivity contribution in [1.82, 2.24) is 9.88 Å². The Bertz CT molecular complexity index is 338. The van der Waals surface area contributed by atoms with Gasteiger partial charge in [-0.05, 0) is 33.4 Å². The van der Waals surface area contributed by atoms with Crippen molar-refractivity contribution in [2.24, 2.45) is 0 Å². The molecule has 1 saturated heterocycles. The second-order valence-corrected chi connectivity index (χ2v) is 5.86. The third-order valence-electron chi connectivity index (χ3n) is 3.12. The van der Waals surface area contributed by atoms with Crippen LogP contribution in [0, 0.1) is 0 Å². The van der Waals surface area contributed by atoms with E-state index in [9.17, 15) is 5.11 Å². The van der Waals surface area contributed by atoms with Gasteiger partial charge in [-0.15, -0.1) is 11.3 Å². The molecule has 0 aromatic carbocycles. The van der Waals surface area contributed by atoms with Gasteiger partial charge in [0.1, 0.15) is 5.01 Å². The van der Waals surface area contributed by atoms with E-state index in [0.29, 0.717) is 6.04 Å². The molecule has 0 radical (unpaired) electrons. The van der Waals surface area contributed by atoms with Crippen LogP contribution in [-0.4, -0.2) is 34.7 Å². The van der Waals surface area contributed by atoms with E-state index in [1.807, 2.05) is 13.1 Å². The number of aromatic nitrogens is 1. The van der Waals surface area contributed by atoms with Gasteiger partial charge in [0.25, 0.3) is 0 Å². The van der Waals surface area contributed by atoms with Crippen LogP contribution in [0.5, 0.6) is 0 Å². The number of hydrogen-bond acceptors (Lipinski definition) is 4. The minimum Gasteiger partial charge on any atom is -0.393 e. The number of hydrogen-bond donors (Lipinski definition) is 1. The number of nitrogens with zero attached hydrogens (tertiary/aromatic N) is 2. The molecule has 1 fully saturated rings. The van der Waals surface area contributed by atoms with Gasteiger partial charge >= 0.3 is 0 Å². The molecule has 4 heteroatoms. The summed E-state index contributed by atoms with van der Waals surface area (Å²) in [6, 6.07) is 0.501. The van der Waals surface area contributed by atoms with Crippen LogP contribution in [0.25, 0.3) is 0 Å².